The molecule has 0 spiro atoms. The number of allylic oxidation sites excluding steroid dienone is 1. The molecule has 30 heavy (non-hydrogen) atoms. The summed E-state index contributed by atoms with van der Waals surface area (Å²) < 4.78 is 28.3. The first-order chi connectivity index (χ1) is 14.3. The summed E-state index contributed by atoms with van der Waals surface area (Å²) in [5, 5.41) is 0. The van der Waals surface area contributed by atoms with Crippen LogP contribution in [-0.4, -0.2) is 44.1 Å². The zero-order chi connectivity index (χ0) is 21.5. The Hall–Kier alpha value is -3.20. The van der Waals surface area contributed by atoms with E-state index >= 15 is 0 Å². The first kappa shape index (κ1) is 20.1. The van der Waals surface area contributed by atoms with Crippen molar-refractivity contribution in [3.8, 4) is 0 Å². The molecule has 0 unspecified atom stereocenters. The van der Waals surface area contributed by atoms with Gasteiger partial charge in [0.15, 0.2) is 0 Å². The Kier molecular flexibility index (Phi) is 5.07. The third-order valence-electron chi connectivity index (χ3n) is 5.04. The molecule has 0 N–H and O–H groups in total. The van der Waals surface area contributed by atoms with Crippen molar-refractivity contribution in [2.75, 3.05) is 12.0 Å². The van der Waals surface area contributed by atoms with E-state index in [9.17, 15) is 13.2 Å². The average molecular weight is 426 g/mol. The summed E-state index contributed by atoms with van der Waals surface area (Å²) in [6, 6.07) is 9.48. The largest absolute Gasteiger partial charge is 0.333 e. The highest BCUT2D eigenvalue weighted by molar-refractivity contribution is 7.90. The van der Waals surface area contributed by atoms with Crippen LogP contribution in [0.4, 0.5) is 0 Å². The summed E-state index contributed by atoms with van der Waals surface area (Å²) in [6.45, 7) is 6.45. The molecule has 8 nitrogen and oxygen atoms in total. The summed E-state index contributed by atoms with van der Waals surface area (Å²) in [5.74, 6) is 0.786. The van der Waals surface area contributed by atoms with Crippen molar-refractivity contribution in [2.24, 2.45) is 0 Å². The monoisotopic (exact) mass is 425 g/mol. The molecule has 4 aromatic rings. The van der Waals surface area contributed by atoms with Gasteiger partial charge in [-0.3, -0.25) is 14.1 Å². The molecule has 1 aromatic carbocycles. The van der Waals surface area contributed by atoms with Gasteiger partial charge in [-0.1, -0.05) is 18.7 Å². The summed E-state index contributed by atoms with van der Waals surface area (Å²) >= 11 is 0. The number of fused-ring (bicyclic) bond motifs is 2. The van der Waals surface area contributed by atoms with Gasteiger partial charge in [0.25, 0.3) is 0 Å². The maximum absolute atomic E-state index is 13.1. The van der Waals surface area contributed by atoms with Crippen molar-refractivity contribution in [2.45, 2.75) is 26.4 Å². The quantitative estimate of drug-likeness (QED) is 0.454. The first-order valence-corrected chi connectivity index (χ1v) is 11.7. The van der Waals surface area contributed by atoms with Gasteiger partial charge >= 0.3 is 5.69 Å². The minimum atomic E-state index is -3.05. The molecular weight excluding hydrogens is 402 g/mol. The number of rotatable bonds is 7. The van der Waals surface area contributed by atoms with Gasteiger partial charge in [-0.05, 0) is 31.5 Å². The Labute approximate surface area is 174 Å². The van der Waals surface area contributed by atoms with Gasteiger partial charge in [-0.15, -0.1) is 0 Å². The predicted octanol–water partition coefficient (Wildman–Crippen LogP) is 2.52. The van der Waals surface area contributed by atoms with Crippen molar-refractivity contribution in [1.29, 1.82) is 0 Å². The van der Waals surface area contributed by atoms with Gasteiger partial charge in [0, 0.05) is 24.7 Å². The number of benzene rings is 1. The van der Waals surface area contributed by atoms with E-state index in [2.05, 4.69) is 11.6 Å². The molecule has 4 rings (SSSR count). The second kappa shape index (κ2) is 7.56. The highest BCUT2D eigenvalue weighted by Crippen LogP contribution is 2.20. The molecule has 0 bridgehead atoms. The van der Waals surface area contributed by atoms with E-state index in [0.717, 1.165) is 16.6 Å². The lowest BCUT2D eigenvalue weighted by atomic mass is 10.3. The van der Waals surface area contributed by atoms with Crippen molar-refractivity contribution in [3.05, 3.63) is 65.6 Å². The fraction of sp³-hybridized carbons (Fsp3) is 0.286. The maximum Gasteiger partial charge on any atom is 0.333 e. The molecule has 0 atom stereocenters. The lowest BCUT2D eigenvalue weighted by Crippen LogP contribution is -2.25. The van der Waals surface area contributed by atoms with Crippen LogP contribution in [0.15, 0.2) is 54.1 Å². The van der Waals surface area contributed by atoms with Crippen LogP contribution < -0.4 is 5.69 Å². The molecule has 0 aliphatic heterocycles. The zero-order valence-corrected chi connectivity index (χ0v) is 17.8. The third kappa shape index (κ3) is 3.68. The number of imidazole rings is 2. The Morgan fingerprint density at radius 1 is 1.10 bits per heavy atom. The predicted molar refractivity (Wildman–Crippen MR) is 118 cm³/mol. The van der Waals surface area contributed by atoms with Crippen LogP contribution in [-0.2, 0) is 22.9 Å². The summed E-state index contributed by atoms with van der Waals surface area (Å²) in [4.78, 5) is 22.0. The molecule has 0 fully saturated rings. The molecule has 0 aliphatic carbocycles. The normalized spacial score (nSPS) is 12.1. The van der Waals surface area contributed by atoms with Crippen LogP contribution in [0.3, 0.4) is 0 Å². The van der Waals surface area contributed by atoms with Crippen LogP contribution in [0.1, 0.15) is 19.2 Å². The van der Waals surface area contributed by atoms with Gasteiger partial charge in [0.2, 0.25) is 0 Å². The van der Waals surface area contributed by atoms with Crippen molar-refractivity contribution >= 4 is 37.6 Å². The Morgan fingerprint density at radius 3 is 2.60 bits per heavy atom. The number of nitrogens with zero attached hydrogens (tertiary/aromatic N) is 5. The van der Waals surface area contributed by atoms with Gasteiger partial charge < -0.3 is 4.57 Å². The minimum absolute atomic E-state index is 0.0950. The van der Waals surface area contributed by atoms with Crippen LogP contribution in [0.25, 0.3) is 27.8 Å². The molecule has 156 valence electrons. The molecule has 0 aliphatic rings. The van der Waals surface area contributed by atoms with Gasteiger partial charge in [0.1, 0.15) is 15.7 Å². The summed E-state index contributed by atoms with van der Waals surface area (Å²) in [7, 11) is -3.05. The number of para-hydroxylation sites is 2. The van der Waals surface area contributed by atoms with Gasteiger partial charge in [-0.25, -0.2) is 18.2 Å². The molecule has 0 saturated heterocycles. The lowest BCUT2D eigenvalue weighted by molar-refractivity contribution is 0.586. The number of aromatic nitrogens is 5. The highest BCUT2D eigenvalue weighted by atomic mass is 32.2. The van der Waals surface area contributed by atoms with E-state index in [1.54, 1.807) is 34.5 Å². The standard InChI is InChI=1S/C21H23N5O3S/c1-15(2)26-18-9-10-22-13-19(18)25(21(26)27)14-20-23-16-7-4-5-8-17(16)24(20)11-6-12-30(3,28)29/h4-5,7-10,13H,1,6,11-12,14H2,2-3H3. The van der Waals surface area contributed by atoms with Crippen LogP contribution in [0.5, 0.6) is 0 Å². The van der Waals surface area contributed by atoms with Gasteiger partial charge in [0.05, 0.1) is 40.6 Å². The number of hydrogen-bond acceptors (Lipinski definition) is 5. The van der Waals surface area contributed by atoms with Crippen molar-refractivity contribution < 1.29 is 8.42 Å². The fourth-order valence-corrected chi connectivity index (χ4v) is 4.40. The van der Waals surface area contributed by atoms with E-state index in [4.69, 9.17) is 4.98 Å². The van der Waals surface area contributed by atoms with Gasteiger partial charge in [-0.2, -0.15) is 0 Å². The smallest absolute Gasteiger partial charge is 0.326 e. The lowest BCUT2D eigenvalue weighted by Gasteiger charge is -2.10. The van der Waals surface area contributed by atoms with E-state index in [-0.39, 0.29) is 18.0 Å². The van der Waals surface area contributed by atoms with E-state index in [1.165, 1.54) is 6.26 Å². The minimum Gasteiger partial charge on any atom is -0.326 e. The molecular formula is C21H23N5O3S. The summed E-state index contributed by atoms with van der Waals surface area (Å²) in [6.07, 6.45) is 5.01. The van der Waals surface area contributed by atoms with E-state index < -0.39 is 9.84 Å². The second-order valence-electron chi connectivity index (χ2n) is 7.46. The van der Waals surface area contributed by atoms with Crippen molar-refractivity contribution in [1.82, 2.24) is 23.7 Å². The Bertz CT molecular complexity index is 1430. The first-order valence-electron chi connectivity index (χ1n) is 9.59. The van der Waals surface area contributed by atoms with Crippen molar-refractivity contribution in [3.63, 3.8) is 0 Å². The molecule has 0 radical (unpaired) electrons. The van der Waals surface area contributed by atoms with E-state index in [1.807, 2.05) is 28.8 Å². The number of hydrogen-bond donors (Lipinski definition) is 0. The van der Waals surface area contributed by atoms with Crippen LogP contribution >= 0.6 is 0 Å². The van der Waals surface area contributed by atoms with E-state index in [0.29, 0.717) is 30.0 Å². The topological polar surface area (TPSA) is 91.8 Å². The highest BCUT2D eigenvalue weighted by Gasteiger charge is 2.18. The molecule has 3 aromatic heterocycles. The zero-order valence-electron chi connectivity index (χ0n) is 16.9. The number of sulfone groups is 1. The fourth-order valence-electron chi connectivity index (χ4n) is 3.75. The molecule has 0 saturated carbocycles. The SMILES string of the molecule is C=C(C)n1c(=O)n(Cc2nc3ccccc3n2CCCS(C)(=O)=O)c2cnccc21. The maximum atomic E-state index is 13.1. The molecule has 0 amide bonds. The summed E-state index contributed by atoms with van der Waals surface area (Å²) in [5.41, 5.74) is 3.57. The molecule has 3 heterocycles. The Morgan fingerprint density at radius 2 is 1.87 bits per heavy atom. The average Bonchev–Trinajstić information content (AvgIpc) is 3.16. The molecule has 9 heteroatoms. The number of pyridine rings is 1. The van der Waals surface area contributed by atoms with Crippen LogP contribution in [0.2, 0.25) is 0 Å². The van der Waals surface area contributed by atoms with Crippen LogP contribution in [0, 0.1) is 0 Å². The Balaban J connectivity index is 1.82. The second-order valence-corrected chi connectivity index (χ2v) is 9.72. The third-order valence-corrected chi connectivity index (χ3v) is 6.07. The number of aryl methyl sites for hydroxylation is 1.